The van der Waals surface area contributed by atoms with Crippen molar-refractivity contribution in [3.05, 3.63) is 36.0 Å². The molecular formula is C11H12N2O2S2. The molecule has 1 aromatic carbocycles. The Morgan fingerprint density at radius 3 is 2.47 bits per heavy atom. The molecule has 0 unspecified atom stereocenters. The molecule has 0 saturated carbocycles. The smallest absolute Gasteiger partial charge is 0.240 e. The van der Waals surface area contributed by atoms with Crippen molar-refractivity contribution in [3.8, 4) is 10.6 Å². The number of nitrogens with zero attached hydrogens (tertiary/aromatic N) is 1. The quantitative estimate of drug-likeness (QED) is 0.926. The second kappa shape index (κ2) is 4.56. The molecule has 2 aromatic rings. The highest BCUT2D eigenvalue weighted by Gasteiger charge is 2.20. The topological polar surface area (TPSA) is 59.1 Å². The average molecular weight is 268 g/mol. The molecule has 2 rings (SSSR count). The molecular weight excluding hydrogens is 256 g/mol. The SMILES string of the molecule is CNS(=O)(=O)c1sc(-c2ccccc2)nc1C. The van der Waals surface area contributed by atoms with Gasteiger partial charge in [0.05, 0.1) is 5.69 Å². The molecule has 0 atom stereocenters. The number of nitrogens with one attached hydrogen (secondary N) is 1. The van der Waals surface area contributed by atoms with E-state index in [1.54, 1.807) is 6.92 Å². The first-order valence-corrected chi connectivity index (χ1v) is 7.31. The molecule has 0 fully saturated rings. The number of rotatable bonds is 3. The molecule has 1 aromatic heterocycles. The molecule has 4 nitrogen and oxygen atoms in total. The van der Waals surface area contributed by atoms with Crippen LogP contribution in [0.2, 0.25) is 0 Å². The van der Waals surface area contributed by atoms with Crippen molar-refractivity contribution < 1.29 is 8.42 Å². The van der Waals surface area contributed by atoms with E-state index in [9.17, 15) is 8.42 Å². The third-order valence-corrected chi connectivity index (χ3v) is 5.52. The lowest BCUT2D eigenvalue weighted by Crippen LogP contribution is -2.18. The van der Waals surface area contributed by atoms with Gasteiger partial charge in [-0.05, 0) is 14.0 Å². The predicted molar refractivity (Wildman–Crippen MR) is 68.5 cm³/mol. The molecule has 1 N–H and O–H groups in total. The molecule has 0 aliphatic heterocycles. The minimum Gasteiger partial charge on any atom is -0.240 e. The zero-order valence-corrected chi connectivity index (χ0v) is 11.1. The van der Waals surface area contributed by atoms with E-state index < -0.39 is 10.0 Å². The largest absolute Gasteiger partial charge is 0.251 e. The summed E-state index contributed by atoms with van der Waals surface area (Å²) in [5.41, 5.74) is 1.46. The molecule has 0 radical (unpaired) electrons. The van der Waals surface area contributed by atoms with Crippen LogP contribution in [0, 0.1) is 6.92 Å². The summed E-state index contributed by atoms with van der Waals surface area (Å²) in [6.45, 7) is 1.70. The first-order chi connectivity index (χ1) is 8.04. The van der Waals surface area contributed by atoms with Crippen LogP contribution in [-0.2, 0) is 10.0 Å². The summed E-state index contributed by atoms with van der Waals surface area (Å²) in [5.74, 6) is 0. The summed E-state index contributed by atoms with van der Waals surface area (Å²) in [5, 5.41) is 0.719. The van der Waals surface area contributed by atoms with Gasteiger partial charge in [0.1, 0.15) is 5.01 Å². The maximum Gasteiger partial charge on any atom is 0.251 e. The van der Waals surface area contributed by atoms with E-state index in [-0.39, 0.29) is 4.21 Å². The first kappa shape index (κ1) is 12.2. The number of aryl methyl sites for hydroxylation is 1. The number of hydrogen-bond acceptors (Lipinski definition) is 4. The molecule has 0 saturated heterocycles. The monoisotopic (exact) mass is 268 g/mol. The van der Waals surface area contributed by atoms with E-state index in [1.807, 2.05) is 30.3 Å². The molecule has 1 heterocycles. The van der Waals surface area contributed by atoms with Gasteiger partial charge >= 0.3 is 0 Å². The maximum atomic E-state index is 11.7. The lowest BCUT2D eigenvalue weighted by molar-refractivity contribution is 0.589. The molecule has 0 aliphatic rings. The van der Waals surface area contributed by atoms with Gasteiger partial charge in [0, 0.05) is 5.56 Å². The highest BCUT2D eigenvalue weighted by Crippen LogP contribution is 2.30. The summed E-state index contributed by atoms with van der Waals surface area (Å²) in [7, 11) is -2.01. The van der Waals surface area contributed by atoms with Crippen molar-refractivity contribution in [3.63, 3.8) is 0 Å². The molecule has 90 valence electrons. The van der Waals surface area contributed by atoms with Gasteiger partial charge in [-0.1, -0.05) is 30.3 Å². The van der Waals surface area contributed by atoms with Gasteiger partial charge in [0.15, 0.2) is 4.21 Å². The highest BCUT2D eigenvalue weighted by atomic mass is 32.2. The molecule has 0 spiro atoms. The van der Waals surface area contributed by atoms with Crippen molar-refractivity contribution in [2.75, 3.05) is 7.05 Å². The fourth-order valence-corrected chi connectivity index (χ4v) is 3.78. The minimum atomic E-state index is -3.41. The second-order valence-corrected chi connectivity index (χ2v) is 6.55. The summed E-state index contributed by atoms with van der Waals surface area (Å²) in [6, 6.07) is 9.54. The number of sulfonamides is 1. The van der Waals surface area contributed by atoms with Crippen LogP contribution in [0.3, 0.4) is 0 Å². The Bertz CT molecular complexity index is 618. The van der Waals surface area contributed by atoms with Crippen molar-refractivity contribution in [1.29, 1.82) is 0 Å². The Hall–Kier alpha value is -1.24. The lowest BCUT2D eigenvalue weighted by Gasteiger charge is -1.97. The predicted octanol–water partition coefficient (Wildman–Crippen LogP) is 2.03. The van der Waals surface area contributed by atoms with Gasteiger partial charge in [-0.2, -0.15) is 0 Å². The number of benzene rings is 1. The van der Waals surface area contributed by atoms with Gasteiger partial charge in [-0.25, -0.2) is 18.1 Å². The fraction of sp³-hybridized carbons (Fsp3) is 0.182. The molecule has 0 aliphatic carbocycles. The van der Waals surface area contributed by atoms with Crippen LogP contribution in [-0.4, -0.2) is 20.4 Å². The van der Waals surface area contributed by atoms with Gasteiger partial charge in [0.25, 0.3) is 10.0 Å². The Morgan fingerprint density at radius 2 is 1.88 bits per heavy atom. The Morgan fingerprint density at radius 1 is 1.24 bits per heavy atom. The minimum absolute atomic E-state index is 0.277. The molecule has 17 heavy (non-hydrogen) atoms. The normalized spacial score (nSPS) is 11.6. The zero-order chi connectivity index (χ0) is 12.5. The van der Waals surface area contributed by atoms with Crippen LogP contribution in [0.15, 0.2) is 34.5 Å². The molecule has 0 amide bonds. The second-order valence-electron chi connectivity index (χ2n) is 3.47. The Balaban J connectivity index is 2.52. The first-order valence-electron chi connectivity index (χ1n) is 5.01. The van der Waals surface area contributed by atoms with Gasteiger partial charge in [0.2, 0.25) is 0 Å². The van der Waals surface area contributed by atoms with E-state index in [0.29, 0.717) is 5.69 Å². The Kier molecular flexibility index (Phi) is 3.28. The van der Waals surface area contributed by atoms with E-state index >= 15 is 0 Å². The summed E-state index contributed by atoms with van der Waals surface area (Å²) in [6.07, 6.45) is 0. The summed E-state index contributed by atoms with van der Waals surface area (Å²) >= 11 is 1.18. The zero-order valence-electron chi connectivity index (χ0n) is 9.47. The van der Waals surface area contributed by atoms with Crippen LogP contribution in [0.25, 0.3) is 10.6 Å². The summed E-state index contributed by atoms with van der Waals surface area (Å²) in [4.78, 5) is 4.29. The van der Waals surface area contributed by atoms with Crippen molar-refractivity contribution in [2.45, 2.75) is 11.1 Å². The van der Waals surface area contributed by atoms with Crippen molar-refractivity contribution >= 4 is 21.4 Å². The van der Waals surface area contributed by atoms with E-state index in [1.165, 1.54) is 18.4 Å². The number of aromatic nitrogens is 1. The number of thiazole rings is 1. The third kappa shape index (κ3) is 2.38. The lowest BCUT2D eigenvalue weighted by atomic mass is 10.2. The molecule has 0 bridgehead atoms. The van der Waals surface area contributed by atoms with Crippen LogP contribution in [0.5, 0.6) is 0 Å². The van der Waals surface area contributed by atoms with Crippen molar-refractivity contribution in [2.24, 2.45) is 0 Å². The van der Waals surface area contributed by atoms with Gasteiger partial charge in [-0.3, -0.25) is 0 Å². The Labute approximate surface area is 104 Å². The van der Waals surface area contributed by atoms with Gasteiger partial charge < -0.3 is 0 Å². The van der Waals surface area contributed by atoms with Crippen molar-refractivity contribution in [1.82, 2.24) is 9.71 Å². The molecule has 6 heteroatoms. The van der Waals surface area contributed by atoms with E-state index in [4.69, 9.17) is 0 Å². The van der Waals surface area contributed by atoms with E-state index in [0.717, 1.165) is 10.6 Å². The van der Waals surface area contributed by atoms with Crippen LogP contribution < -0.4 is 4.72 Å². The fourth-order valence-electron chi connectivity index (χ4n) is 1.43. The van der Waals surface area contributed by atoms with Gasteiger partial charge in [-0.15, -0.1) is 11.3 Å². The van der Waals surface area contributed by atoms with Crippen LogP contribution in [0.1, 0.15) is 5.69 Å². The van der Waals surface area contributed by atoms with Crippen LogP contribution >= 0.6 is 11.3 Å². The summed E-state index contributed by atoms with van der Waals surface area (Å²) < 4.78 is 26.0. The highest BCUT2D eigenvalue weighted by molar-refractivity contribution is 7.91. The average Bonchev–Trinajstić information content (AvgIpc) is 2.73. The van der Waals surface area contributed by atoms with Crippen LogP contribution in [0.4, 0.5) is 0 Å². The maximum absolute atomic E-state index is 11.7. The standard InChI is InChI=1S/C11H12N2O2S2/c1-8-11(17(14,15)12-2)16-10(13-8)9-6-4-3-5-7-9/h3-7,12H,1-2H3. The third-order valence-electron chi connectivity index (χ3n) is 2.29. The van der Waals surface area contributed by atoms with E-state index in [2.05, 4.69) is 9.71 Å². The number of hydrogen-bond donors (Lipinski definition) is 1.